The predicted octanol–water partition coefficient (Wildman–Crippen LogP) is 3.69. The van der Waals surface area contributed by atoms with Crippen molar-refractivity contribution in [1.82, 2.24) is 0 Å². The van der Waals surface area contributed by atoms with Crippen LogP contribution in [0.4, 0.5) is 0 Å². The summed E-state index contributed by atoms with van der Waals surface area (Å²) in [5, 5.41) is 9.39. The Hall–Kier alpha value is -0.570. The molecule has 19 heavy (non-hydrogen) atoms. The monoisotopic (exact) mass is 270 g/mol. The van der Waals surface area contributed by atoms with Gasteiger partial charge in [0.25, 0.3) is 0 Å². The van der Waals surface area contributed by atoms with Crippen LogP contribution in [-0.4, -0.2) is 23.8 Å². The predicted molar refractivity (Wildman–Crippen MR) is 76.8 cm³/mol. The second-order valence-corrected chi connectivity index (χ2v) is 5.91. The van der Waals surface area contributed by atoms with Crippen LogP contribution in [0.2, 0.25) is 0 Å². The first kappa shape index (κ1) is 16.5. The van der Waals surface area contributed by atoms with Gasteiger partial charge >= 0.3 is 5.97 Å². The molecule has 1 atom stereocenters. The minimum atomic E-state index is -0.505. The second kappa shape index (κ2) is 9.35. The number of hydrogen-bond acceptors (Lipinski definition) is 3. The Morgan fingerprint density at radius 2 is 1.89 bits per heavy atom. The van der Waals surface area contributed by atoms with Crippen molar-refractivity contribution in [3.8, 4) is 0 Å². The van der Waals surface area contributed by atoms with Crippen molar-refractivity contribution in [2.24, 2.45) is 11.8 Å². The number of unbranched alkanes of at least 4 members (excludes halogenated alkanes) is 2. The molecular formula is C16H30O3. The zero-order valence-corrected chi connectivity index (χ0v) is 12.6. The first-order valence-electron chi connectivity index (χ1n) is 8.02. The fourth-order valence-corrected chi connectivity index (χ4v) is 2.78. The van der Waals surface area contributed by atoms with Gasteiger partial charge in [0.05, 0.1) is 12.0 Å². The highest BCUT2D eigenvalue weighted by atomic mass is 16.5. The summed E-state index contributed by atoms with van der Waals surface area (Å²) in [6.45, 7) is 4.28. The molecule has 1 aliphatic carbocycles. The lowest BCUT2D eigenvalue weighted by Crippen LogP contribution is -2.26. The highest BCUT2D eigenvalue weighted by Crippen LogP contribution is 2.32. The van der Waals surface area contributed by atoms with E-state index in [4.69, 9.17) is 4.74 Å². The SMILES string of the molecule is CCCCCC1CCC(C(=O)OCC(O)CC)CC1. The molecule has 1 unspecified atom stereocenters. The van der Waals surface area contributed by atoms with Gasteiger partial charge in [-0.05, 0) is 38.0 Å². The summed E-state index contributed by atoms with van der Waals surface area (Å²) in [6.07, 6.45) is 9.67. The summed E-state index contributed by atoms with van der Waals surface area (Å²) in [6, 6.07) is 0. The third-order valence-corrected chi connectivity index (χ3v) is 4.29. The summed E-state index contributed by atoms with van der Waals surface area (Å²) in [4.78, 5) is 11.9. The lowest BCUT2D eigenvalue weighted by Gasteiger charge is -2.27. The van der Waals surface area contributed by atoms with Gasteiger partial charge in [-0.15, -0.1) is 0 Å². The zero-order valence-electron chi connectivity index (χ0n) is 12.6. The Balaban J connectivity index is 2.16. The van der Waals surface area contributed by atoms with Crippen LogP contribution in [0.1, 0.15) is 71.6 Å². The van der Waals surface area contributed by atoms with Gasteiger partial charge in [0.15, 0.2) is 0 Å². The van der Waals surface area contributed by atoms with Crippen molar-refractivity contribution < 1.29 is 14.6 Å². The quantitative estimate of drug-likeness (QED) is 0.540. The molecule has 112 valence electrons. The maximum Gasteiger partial charge on any atom is 0.309 e. The minimum Gasteiger partial charge on any atom is -0.463 e. The molecule has 0 aromatic carbocycles. The molecule has 3 heteroatoms. The molecule has 0 amide bonds. The maximum atomic E-state index is 11.9. The van der Waals surface area contributed by atoms with E-state index in [-0.39, 0.29) is 18.5 Å². The second-order valence-electron chi connectivity index (χ2n) is 5.91. The maximum absolute atomic E-state index is 11.9. The van der Waals surface area contributed by atoms with Crippen LogP contribution < -0.4 is 0 Å². The van der Waals surface area contributed by atoms with Gasteiger partial charge in [-0.1, -0.05) is 39.5 Å². The van der Waals surface area contributed by atoms with Crippen LogP contribution in [0.25, 0.3) is 0 Å². The number of carbonyl (C=O) groups excluding carboxylic acids is 1. The number of carbonyl (C=O) groups is 1. The lowest BCUT2D eigenvalue weighted by atomic mass is 9.80. The normalized spacial score (nSPS) is 25.0. The van der Waals surface area contributed by atoms with Crippen molar-refractivity contribution in [3.05, 3.63) is 0 Å². The molecule has 0 aromatic heterocycles. The summed E-state index contributed by atoms with van der Waals surface area (Å²) >= 11 is 0. The van der Waals surface area contributed by atoms with E-state index in [2.05, 4.69) is 6.92 Å². The van der Waals surface area contributed by atoms with Gasteiger partial charge in [0.1, 0.15) is 6.61 Å². The van der Waals surface area contributed by atoms with E-state index in [1.165, 1.54) is 38.5 Å². The molecule has 0 spiro atoms. The summed E-state index contributed by atoms with van der Waals surface area (Å²) in [5.74, 6) is 0.794. The Morgan fingerprint density at radius 3 is 2.47 bits per heavy atom. The molecule has 0 saturated heterocycles. The number of rotatable bonds is 8. The van der Waals surface area contributed by atoms with E-state index in [9.17, 15) is 9.90 Å². The van der Waals surface area contributed by atoms with Gasteiger partial charge in [-0.3, -0.25) is 4.79 Å². The van der Waals surface area contributed by atoms with E-state index < -0.39 is 6.10 Å². The molecule has 1 saturated carbocycles. The van der Waals surface area contributed by atoms with E-state index in [1.54, 1.807) is 0 Å². The van der Waals surface area contributed by atoms with Gasteiger partial charge in [0, 0.05) is 0 Å². The van der Waals surface area contributed by atoms with Crippen molar-refractivity contribution in [3.63, 3.8) is 0 Å². The van der Waals surface area contributed by atoms with Crippen molar-refractivity contribution in [1.29, 1.82) is 0 Å². The van der Waals surface area contributed by atoms with Gasteiger partial charge < -0.3 is 9.84 Å². The fourth-order valence-electron chi connectivity index (χ4n) is 2.78. The summed E-state index contributed by atoms with van der Waals surface area (Å²) in [5.41, 5.74) is 0. The molecule has 1 aliphatic rings. The van der Waals surface area contributed by atoms with Gasteiger partial charge in [0.2, 0.25) is 0 Å². The first-order valence-corrected chi connectivity index (χ1v) is 8.02. The van der Waals surface area contributed by atoms with Crippen molar-refractivity contribution in [2.45, 2.75) is 77.7 Å². The molecule has 3 nitrogen and oxygen atoms in total. The van der Waals surface area contributed by atoms with E-state index in [1.807, 2.05) is 6.92 Å². The Bertz CT molecular complexity index is 244. The van der Waals surface area contributed by atoms with Crippen LogP contribution in [0, 0.1) is 11.8 Å². The molecule has 1 rings (SSSR count). The summed E-state index contributed by atoms with van der Waals surface area (Å²) in [7, 11) is 0. The highest BCUT2D eigenvalue weighted by Gasteiger charge is 2.27. The molecule has 1 N–H and O–H groups in total. The number of hydrogen-bond donors (Lipinski definition) is 1. The summed E-state index contributed by atoms with van der Waals surface area (Å²) < 4.78 is 5.18. The first-order chi connectivity index (χ1) is 9.17. The third kappa shape index (κ3) is 6.42. The smallest absolute Gasteiger partial charge is 0.309 e. The van der Waals surface area contributed by atoms with Crippen LogP contribution in [0.15, 0.2) is 0 Å². The Labute approximate surface area is 117 Å². The topological polar surface area (TPSA) is 46.5 Å². The van der Waals surface area contributed by atoms with Crippen LogP contribution in [0.5, 0.6) is 0 Å². The number of ether oxygens (including phenoxy) is 1. The van der Waals surface area contributed by atoms with E-state index in [0.29, 0.717) is 6.42 Å². The average molecular weight is 270 g/mol. The largest absolute Gasteiger partial charge is 0.463 e. The third-order valence-electron chi connectivity index (χ3n) is 4.29. The number of esters is 1. The van der Waals surface area contributed by atoms with Crippen LogP contribution in [-0.2, 0) is 9.53 Å². The average Bonchev–Trinajstić information content (AvgIpc) is 2.45. The van der Waals surface area contributed by atoms with Gasteiger partial charge in [-0.2, -0.15) is 0 Å². The van der Waals surface area contributed by atoms with E-state index >= 15 is 0 Å². The molecule has 0 radical (unpaired) electrons. The Kier molecular flexibility index (Phi) is 8.11. The number of aliphatic hydroxyl groups excluding tert-OH is 1. The highest BCUT2D eigenvalue weighted by molar-refractivity contribution is 5.72. The molecular weight excluding hydrogens is 240 g/mol. The molecule has 1 fully saturated rings. The lowest BCUT2D eigenvalue weighted by molar-refractivity contribution is -0.153. The standard InChI is InChI=1S/C16H30O3/c1-3-5-6-7-13-8-10-14(11-9-13)16(18)19-12-15(17)4-2/h13-15,17H,3-12H2,1-2H3. The Morgan fingerprint density at radius 1 is 1.21 bits per heavy atom. The molecule has 0 heterocycles. The van der Waals surface area contributed by atoms with Crippen molar-refractivity contribution in [2.75, 3.05) is 6.61 Å². The van der Waals surface area contributed by atoms with Crippen molar-refractivity contribution >= 4 is 5.97 Å². The van der Waals surface area contributed by atoms with Crippen LogP contribution >= 0.6 is 0 Å². The minimum absolute atomic E-state index is 0.0754. The van der Waals surface area contributed by atoms with Crippen LogP contribution in [0.3, 0.4) is 0 Å². The van der Waals surface area contributed by atoms with Gasteiger partial charge in [-0.25, -0.2) is 0 Å². The fraction of sp³-hybridized carbons (Fsp3) is 0.938. The molecule has 0 bridgehead atoms. The zero-order chi connectivity index (χ0) is 14.1. The molecule has 0 aliphatic heterocycles. The molecule has 0 aromatic rings. The number of aliphatic hydroxyl groups is 1. The van der Waals surface area contributed by atoms with E-state index in [0.717, 1.165) is 18.8 Å².